The van der Waals surface area contributed by atoms with Crippen LogP contribution in [0.1, 0.15) is 38.8 Å². The first-order valence-electron chi connectivity index (χ1n) is 5.77. The van der Waals surface area contributed by atoms with Gasteiger partial charge in [0.15, 0.2) is 0 Å². The van der Waals surface area contributed by atoms with E-state index in [0.29, 0.717) is 11.3 Å². The number of aromatic nitrogens is 2. The molecule has 1 N–H and O–H groups in total. The minimum absolute atomic E-state index is 0.402. The van der Waals surface area contributed by atoms with Gasteiger partial charge in [-0.25, -0.2) is 4.98 Å². The Labute approximate surface area is 91.9 Å². The number of aryl methyl sites for hydroxylation is 1. The van der Waals surface area contributed by atoms with Gasteiger partial charge >= 0.3 is 0 Å². The molecule has 1 aromatic rings. The summed E-state index contributed by atoms with van der Waals surface area (Å²) < 4.78 is 2.32. The molecule has 0 radical (unpaired) electrons. The summed E-state index contributed by atoms with van der Waals surface area (Å²) in [5, 5.41) is 3.31. The third-order valence-corrected chi connectivity index (χ3v) is 3.05. The van der Waals surface area contributed by atoms with Gasteiger partial charge in [0.05, 0.1) is 6.33 Å². The van der Waals surface area contributed by atoms with E-state index in [-0.39, 0.29) is 0 Å². The Morgan fingerprint density at radius 3 is 2.73 bits per heavy atom. The molecule has 2 rings (SSSR count). The Hall–Kier alpha value is -0.830. The van der Waals surface area contributed by atoms with Gasteiger partial charge in [-0.2, -0.15) is 0 Å². The van der Waals surface area contributed by atoms with Gasteiger partial charge in [0.1, 0.15) is 0 Å². The minimum Gasteiger partial charge on any atom is -0.334 e. The average molecular weight is 207 g/mol. The summed E-state index contributed by atoms with van der Waals surface area (Å²) in [6, 6.07) is 0. The lowest BCUT2D eigenvalue weighted by atomic mass is 9.92. The van der Waals surface area contributed by atoms with Gasteiger partial charge in [-0.05, 0) is 11.8 Å². The smallest absolute Gasteiger partial charge is 0.0948 e. The molecule has 3 nitrogen and oxygen atoms in total. The van der Waals surface area contributed by atoms with Crippen molar-refractivity contribution in [1.82, 2.24) is 14.9 Å². The fraction of sp³-hybridized carbons (Fsp3) is 0.750. The summed E-state index contributed by atoms with van der Waals surface area (Å²) in [6.07, 6.45) is 5.20. The Bertz CT molecular complexity index is 318. The summed E-state index contributed by atoms with van der Waals surface area (Å²) >= 11 is 0. The van der Waals surface area contributed by atoms with Crippen LogP contribution in [0.4, 0.5) is 0 Å². The molecule has 1 aliphatic rings. The number of nitrogens with zero attached hydrogens (tertiary/aromatic N) is 2. The number of rotatable bonds is 3. The van der Waals surface area contributed by atoms with Crippen molar-refractivity contribution in [1.29, 1.82) is 0 Å². The van der Waals surface area contributed by atoms with Crippen LogP contribution in [-0.2, 0) is 6.54 Å². The van der Waals surface area contributed by atoms with E-state index in [2.05, 4.69) is 35.6 Å². The van der Waals surface area contributed by atoms with Crippen molar-refractivity contribution in [3.8, 4) is 0 Å². The van der Waals surface area contributed by atoms with Crippen molar-refractivity contribution >= 4 is 0 Å². The molecule has 1 fully saturated rings. The van der Waals surface area contributed by atoms with Crippen molar-refractivity contribution in [3.63, 3.8) is 0 Å². The van der Waals surface area contributed by atoms with Crippen LogP contribution in [-0.4, -0.2) is 22.6 Å². The van der Waals surface area contributed by atoms with Crippen LogP contribution in [0, 0.1) is 5.41 Å². The Morgan fingerprint density at radius 2 is 2.20 bits per heavy atom. The summed E-state index contributed by atoms with van der Waals surface area (Å²) in [4.78, 5) is 4.26. The fourth-order valence-corrected chi connectivity index (χ4v) is 1.81. The van der Waals surface area contributed by atoms with Crippen molar-refractivity contribution in [2.24, 2.45) is 5.41 Å². The highest BCUT2D eigenvalue weighted by molar-refractivity contribution is 5.11. The highest BCUT2D eigenvalue weighted by Gasteiger charge is 2.22. The maximum atomic E-state index is 4.26. The molecule has 1 saturated heterocycles. The van der Waals surface area contributed by atoms with Gasteiger partial charge in [-0.1, -0.05) is 20.8 Å². The number of hydrogen-bond donors (Lipinski definition) is 1. The Morgan fingerprint density at radius 1 is 1.47 bits per heavy atom. The van der Waals surface area contributed by atoms with E-state index in [4.69, 9.17) is 0 Å². The molecule has 0 bridgehead atoms. The second kappa shape index (κ2) is 3.97. The lowest BCUT2D eigenvalue weighted by Crippen LogP contribution is -2.41. The van der Waals surface area contributed by atoms with E-state index in [1.807, 2.05) is 12.5 Å². The molecule has 2 heterocycles. The standard InChI is InChI=1S/C12H21N3/c1-12(2,3)4-5-15-9-14-8-11(15)10-6-13-7-10/h8-10,13H,4-7H2,1-3H3. The molecular formula is C12H21N3. The number of imidazole rings is 1. The molecule has 0 unspecified atom stereocenters. The molecule has 0 amide bonds. The maximum absolute atomic E-state index is 4.26. The van der Waals surface area contributed by atoms with Crippen molar-refractivity contribution in [3.05, 3.63) is 18.2 Å². The van der Waals surface area contributed by atoms with Crippen LogP contribution in [0.3, 0.4) is 0 Å². The van der Waals surface area contributed by atoms with Gasteiger partial charge in [-0.3, -0.25) is 0 Å². The molecule has 0 aliphatic carbocycles. The summed E-state index contributed by atoms with van der Waals surface area (Å²) in [5.74, 6) is 0.687. The zero-order valence-electron chi connectivity index (χ0n) is 9.95. The lowest BCUT2D eigenvalue weighted by molar-refractivity contribution is 0.340. The van der Waals surface area contributed by atoms with Crippen LogP contribution >= 0.6 is 0 Å². The fourth-order valence-electron chi connectivity index (χ4n) is 1.81. The summed E-state index contributed by atoms with van der Waals surface area (Å²) in [5.41, 5.74) is 1.80. The first-order chi connectivity index (χ1) is 7.06. The Kier molecular flexibility index (Phi) is 2.83. The first kappa shape index (κ1) is 10.7. The highest BCUT2D eigenvalue weighted by Crippen LogP contribution is 2.23. The second-order valence-electron chi connectivity index (χ2n) is 5.68. The molecule has 1 aliphatic heterocycles. The van der Waals surface area contributed by atoms with Crippen LogP contribution < -0.4 is 5.32 Å². The molecular weight excluding hydrogens is 186 g/mol. The Balaban J connectivity index is 1.98. The number of hydrogen-bond acceptors (Lipinski definition) is 2. The predicted molar refractivity (Wildman–Crippen MR) is 61.9 cm³/mol. The molecule has 1 aromatic heterocycles. The van der Waals surface area contributed by atoms with Crippen molar-refractivity contribution < 1.29 is 0 Å². The SMILES string of the molecule is CC(C)(C)CCn1cncc1C1CNC1. The quantitative estimate of drug-likeness (QED) is 0.821. The van der Waals surface area contributed by atoms with E-state index >= 15 is 0 Å². The molecule has 0 saturated carbocycles. The van der Waals surface area contributed by atoms with Gasteiger partial charge < -0.3 is 9.88 Å². The largest absolute Gasteiger partial charge is 0.334 e. The van der Waals surface area contributed by atoms with Gasteiger partial charge in [0.2, 0.25) is 0 Å². The second-order valence-corrected chi connectivity index (χ2v) is 5.68. The normalized spacial score (nSPS) is 17.8. The minimum atomic E-state index is 0.402. The van der Waals surface area contributed by atoms with E-state index in [0.717, 1.165) is 19.6 Å². The van der Waals surface area contributed by atoms with E-state index in [1.165, 1.54) is 12.1 Å². The lowest BCUT2D eigenvalue weighted by Gasteiger charge is -2.28. The number of nitrogens with one attached hydrogen (secondary N) is 1. The third-order valence-electron chi connectivity index (χ3n) is 3.05. The maximum Gasteiger partial charge on any atom is 0.0948 e. The summed E-state index contributed by atoms with van der Waals surface area (Å²) in [6.45, 7) is 10.2. The molecule has 15 heavy (non-hydrogen) atoms. The van der Waals surface area contributed by atoms with E-state index in [1.54, 1.807) is 0 Å². The third kappa shape index (κ3) is 2.59. The topological polar surface area (TPSA) is 29.9 Å². The molecule has 84 valence electrons. The van der Waals surface area contributed by atoms with Gasteiger partial charge in [-0.15, -0.1) is 0 Å². The van der Waals surface area contributed by atoms with Gasteiger partial charge in [0, 0.05) is 37.4 Å². The van der Waals surface area contributed by atoms with Crippen LogP contribution in [0.5, 0.6) is 0 Å². The van der Waals surface area contributed by atoms with Crippen LogP contribution in [0.25, 0.3) is 0 Å². The molecule has 0 spiro atoms. The van der Waals surface area contributed by atoms with Gasteiger partial charge in [0.25, 0.3) is 0 Å². The van der Waals surface area contributed by atoms with E-state index in [9.17, 15) is 0 Å². The van der Waals surface area contributed by atoms with Crippen molar-refractivity contribution in [2.75, 3.05) is 13.1 Å². The predicted octanol–water partition coefficient (Wildman–Crippen LogP) is 2.01. The van der Waals surface area contributed by atoms with E-state index < -0.39 is 0 Å². The van der Waals surface area contributed by atoms with Crippen LogP contribution in [0.15, 0.2) is 12.5 Å². The molecule has 0 aromatic carbocycles. The van der Waals surface area contributed by atoms with Crippen molar-refractivity contribution in [2.45, 2.75) is 39.7 Å². The summed E-state index contributed by atoms with van der Waals surface area (Å²) in [7, 11) is 0. The zero-order valence-corrected chi connectivity index (χ0v) is 9.95. The average Bonchev–Trinajstić information content (AvgIpc) is 2.44. The molecule has 0 atom stereocenters. The zero-order chi connectivity index (χ0) is 10.9. The first-order valence-corrected chi connectivity index (χ1v) is 5.77. The molecule has 3 heteroatoms. The highest BCUT2D eigenvalue weighted by atomic mass is 15.1. The monoisotopic (exact) mass is 207 g/mol. The van der Waals surface area contributed by atoms with Crippen LogP contribution in [0.2, 0.25) is 0 Å².